The van der Waals surface area contributed by atoms with E-state index in [2.05, 4.69) is 17.6 Å². The van der Waals surface area contributed by atoms with Crippen LogP contribution >= 0.6 is 0 Å². The summed E-state index contributed by atoms with van der Waals surface area (Å²) in [5.41, 5.74) is -0.840. The van der Waals surface area contributed by atoms with E-state index in [1.165, 1.54) is 12.8 Å². The number of amides is 2. The molecule has 4 heteroatoms. The van der Waals surface area contributed by atoms with Crippen LogP contribution in [0.25, 0.3) is 0 Å². The maximum absolute atomic E-state index is 11.8. The minimum Gasteiger partial charge on any atom is -0.388 e. The van der Waals surface area contributed by atoms with Crippen molar-refractivity contribution in [3.8, 4) is 0 Å². The summed E-state index contributed by atoms with van der Waals surface area (Å²) in [5, 5.41) is 16.0. The Hall–Kier alpha value is -0.770. The van der Waals surface area contributed by atoms with Crippen LogP contribution in [0.15, 0.2) is 0 Å². The van der Waals surface area contributed by atoms with Gasteiger partial charge in [-0.05, 0) is 31.6 Å². The summed E-state index contributed by atoms with van der Waals surface area (Å²) >= 11 is 0. The van der Waals surface area contributed by atoms with E-state index in [0.717, 1.165) is 12.8 Å². The molecule has 1 aliphatic rings. The van der Waals surface area contributed by atoms with E-state index in [0.29, 0.717) is 18.5 Å². The summed E-state index contributed by atoms with van der Waals surface area (Å²) in [6.07, 6.45) is 4.35. The second-order valence-electron chi connectivity index (χ2n) is 6.01. The van der Waals surface area contributed by atoms with Crippen molar-refractivity contribution in [2.24, 2.45) is 11.8 Å². The van der Waals surface area contributed by atoms with Gasteiger partial charge < -0.3 is 15.7 Å². The van der Waals surface area contributed by atoms with Crippen molar-refractivity contribution < 1.29 is 9.90 Å². The first-order chi connectivity index (χ1) is 8.36. The van der Waals surface area contributed by atoms with E-state index in [9.17, 15) is 9.90 Å². The van der Waals surface area contributed by atoms with Crippen molar-refractivity contribution in [3.05, 3.63) is 0 Å². The number of rotatable bonds is 5. The zero-order chi connectivity index (χ0) is 13.8. The van der Waals surface area contributed by atoms with E-state index in [1.54, 1.807) is 6.92 Å². The zero-order valence-electron chi connectivity index (χ0n) is 12.1. The molecule has 0 saturated heterocycles. The monoisotopic (exact) mass is 256 g/mol. The molecule has 0 aromatic heterocycles. The van der Waals surface area contributed by atoms with Gasteiger partial charge in [-0.1, -0.05) is 33.6 Å². The van der Waals surface area contributed by atoms with Gasteiger partial charge in [0.2, 0.25) is 0 Å². The fourth-order valence-corrected chi connectivity index (χ4v) is 2.45. The normalized spacial score (nSPS) is 28.5. The van der Waals surface area contributed by atoms with Gasteiger partial charge in [-0.3, -0.25) is 0 Å². The molecule has 4 atom stereocenters. The number of urea groups is 1. The molecule has 4 unspecified atom stereocenters. The Morgan fingerprint density at radius 2 is 2.17 bits per heavy atom. The van der Waals surface area contributed by atoms with Gasteiger partial charge in [-0.25, -0.2) is 4.79 Å². The first kappa shape index (κ1) is 15.3. The molecule has 0 radical (unpaired) electrons. The van der Waals surface area contributed by atoms with Crippen molar-refractivity contribution in [2.75, 3.05) is 6.54 Å². The third-order valence-corrected chi connectivity index (χ3v) is 4.46. The summed E-state index contributed by atoms with van der Waals surface area (Å²) in [5.74, 6) is 0.731. The molecule has 0 bridgehead atoms. The number of hydrogen-bond acceptors (Lipinski definition) is 2. The fourth-order valence-electron chi connectivity index (χ4n) is 2.45. The molecule has 0 heterocycles. The van der Waals surface area contributed by atoms with Crippen LogP contribution in [-0.2, 0) is 0 Å². The van der Waals surface area contributed by atoms with Gasteiger partial charge in [-0.2, -0.15) is 0 Å². The predicted molar refractivity (Wildman–Crippen MR) is 73.4 cm³/mol. The van der Waals surface area contributed by atoms with Crippen LogP contribution in [0, 0.1) is 11.8 Å². The molecule has 0 spiro atoms. The van der Waals surface area contributed by atoms with Crippen LogP contribution in [0.5, 0.6) is 0 Å². The van der Waals surface area contributed by atoms with E-state index in [4.69, 9.17) is 0 Å². The zero-order valence-corrected chi connectivity index (χ0v) is 12.1. The third kappa shape index (κ3) is 4.16. The van der Waals surface area contributed by atoms with Crippen molar-refractivity contribution in [1.29, 1.82) is 0 Å². The Balaban J connectivity index is 2.32. The van der Waals surface area contributed by atoms with Gasteiger partial charge in [0, 0.05) is 12.6 Å². The number of hydrogen-bond donors (Lipinski definition) is 3. The highest BCUT2D eigenvalue weighted by atomic mass is 16.3. The summed E-state index contributed by atoms with van der Waals surface area (Å²) in [6.45, 7) is 8.29. The average molecular weight is 256 g/mol. The Kier molecular flexibility index (Phi) is 5.45. The van der Waals surface area contributed by atoms with Crippen molar-refractivity contribution in [3.63, 3.8) is 0 Å². The molecule has 2 amide bonds. The standard InChI is InChI=1S/C14H28N2O2/c1-5-11(3)14(4,18)9-15-13(17)16-12-8-6-7-10(12)2/h10-12,18H,5-9H2,1-4H3,(H2,15,16,17). The van der Waals surface area contributed by atoms with E-state index >= 15 is 0 Å². The number of aliphatic hydroxyl groups is 1. The molecule has 1 saturated carbocycles. The maximum atomic E-state index is 11.8. The summed E-state index contributed by atoms with van der Waals surface area (Å²) in [4.78, 5) is 11.8. The lowest BCUT2D eigenvalue weighted by atomic mass is 9.89. The van der Waals surface area contributed by atoms with Gasteiger partial charge in [0.15, 0.2) is 0 Å². The summed E-state index contributed by atoms with van der Waals surface area (Å²) in [7, 11) is 0. The molecule has 0 aliphatic heterocycles. The summed E-state index contributed by atoms with van der Waals surface area (Å²) in [6, 6.07) is 0.135. The van der Waals surface area contributed by atoms with Crippen LogP contribution < -0.4 is 10.6 Å². The van der Waals surface area contributed by atoms with Crippen LogP contribution in [0.4, 0.5) is 4.79 Å². The second-order valence-corrected chi connectivity index (χ2v) is 6.01. The lowest BCUT2D eigenvalue weighted by Gasteiger charge is -2.30. The minimum absolute atomic E-state index is 0.155. The molecular formula is C14H28N2O2. The van der Waals surface area contributed by atoms with Gasteiger partial charge in [-0.15, -0.1) is 0 Å². The number of carbonyl (C=O) groups excluding carboxylic acids is 1. The first-order valence-corrected chi connectivity index (χ1v) is 7.13. The molecular weight excluding hydrogens is 228 g/mol. The maximum Gasteiger partial charge on any atom is 0.315 e. The van der Waals surface area contributed by atoms with E-state index in [1.807, 2.05) is 13.8 Å². The molecule has 1 aliphatic carbocycles. The van der Waals surface area contributed by atoms with Crippen LogP contribution in [0.2, 0.25) is 0 Å². The highest BCUT2D eigenvalue weighted by Crippen LogP contribution is 2.24. The van der Waals surface area contributed by atoms with E-state index < -0.39 is 5.60 Å². The second kappa shape index (κ2) is 6.41. The SMILES string of the molecule is CCC(C)C(C)(O)CNC(=O)NC1CCCC1C. The van der Waals surface area contributed by atoms with Crippen molar-refractivity contribution >= 4 is 6.03 Å². The van der Waals surface area contributed by atoms with Gasteiger partial charge in [0.25, 0.3) is 0 Å². The Morgan fingerprint density at radius 1 is 1.50 bits per heavy atom. The molecule has 1 fully saturated rings. The van der Waals surface area contributed by atoms with Gasteiger partial charge in [0.05, 0.1) is 5.60 Å². The van der Waals surface area contributed by atoms with Crippen LogP contribution in [0.3, 0.4) is 0 Å². The molecule has 1 rings (SSSR count). The average Bonchev–Trinajstić information content (AvgIpc) is 2.71. The molecule has 4 nitrogen and oxygen atoms in total. The molecule has 0 aromatic rings. The highest BCUT2D eigenvalue weighted by Gasteiger charge is 2.29. The van der Waals surface area contributed by atoms with E-state index in [-0.39, 0.29) is 11.9 Å². The Labute approximate surface area is 111 Å². The molecule has 106 valence electrons. The van der Waals surface area contributed by atoms with Crippen LogP contribution in [-0.4, -0.2) is 29.3 Å². The first-order valence-electron chi connectivity index (χ1n) is 7.13. The Morgan fingerprint density at radius 3 is 2.67 bits per heavy atom. The lowest BCUT2D eigenvalue weighted by Crippen LogP contribution is -2.50. The van der Waals surface area contributed by atoms with Gasteiger partial charge in [0.1, 0.15) is 0 Å². The van der Waals surface area contributed by atoms with Crippen LogP contribution in [0.1, 0.15) is 53.4 Å². The quantitative estimate of drug-likeness (QED) is 0.706. The van der Waals surface area contributed by atoms with Crippen molar-refractivity contribution in [2.45, 2.75) is 65.0 Å². The third-order valence-electron chi connectivity index (χ3n) is 4.46. The Bertz CT molecular complexity index is 279. The number of carbonyl (C=O) groups is 1. The fraction of sp³-hybridized carbons (Fsp3) is 0.929. The molecule has 3 N–H and O–H groups in total. The minimum atomic E-state index is -0.840. The summed E-state index contributed by atoms with van der Waals surface area (Å²) < 4.78 is 0. The van der Waals surface area contributed by atoms with Crippen molar-refractivity contribution in [1.82, 2.24) is 10.6 Å². The number of nitrogens with one attached hydrogen (secondary N) is 2. The highest BCUT2D eigenvalue weighted by molar-refractivity contribution is 5.74. The largest absolute Gasteiger partial charge is 0.388 e. The molecule has 18 heavy (non-hydrogen) atoms. The molecule has 0 aromatic carbocycles. The van der Waals surface area contributed by atoms with Gasteiger partial charge >= 0.3 is 6.03 Å². The topological polar surface area (TPSA) is 61.4 Å². The smallest absolute Gasteiger partial charge is 0.315 e. The predicted octanol–water partition coefficient (Wildman–Crippen LogP) is 2.27. The lowest BCUT2D eigenvalue weighted by molar-refractivity contribution is 0.00781.